The van der Waals surface area contributed by atoms with Crippen LogP contribution in [0, 0.1) is 5.92 Å². The minimum Gasteiger partial charge on any atom is -0.478 e. The average molecular weight is 312 g/mol. The Morgan fingerprint density at radius 1 is 1.27 bits per heavy atom. The molecule has 0 fully saturated rings. The normalized spacial score (nSPS) is 14.8. The van der Waals surface area contributed by atoms with Crippen LogP contribution in [0.15, 0.2) is 23.3 Å². The second-order valence-corrected chi connectivity index (χ2v) is 6.29. The second-order valence-electron chi connectivity index (χ2n) is 6.29. The quantitative estimate of drug-likeness (QED) is 0.475. The highest BCUT2D eigenvalue weighted by Crippen LogP contribution is 2.21. The Labute approximate surface area is 132 Å². The highest BCUT2D eigenvalue weighted by molar-refractivity contribution is 5.94. The molecule has 5 nitrogen and oxygen atoms in total. The van der Waals surface area contributed by atoms with Crippen molar-refractivity contribution in [1.29, 1.82) is 0 Å². The monoisotopic (exact) mass is 312 g/mol. The molecule has 0 aromatic heterocycles. The van der Waals surface area contributed by atoms with Crippen molar-refractivity contribution < 1.29 is 24.5 Å². The van der Waals surface area contributed by atoms with Crippen molar-refractivity contribution in [1.82, 2.24) is 0 Å². The van der Waals surface area contributed by atoms with E-state index in [4.69, 9.17) is 14.9 Å². The van der Waals surface area contributed by atoms with Gasteiger partial charge in [-0.1, -0.05) is 25.8 Å². The third-order valence-corrected chi connectivity index (χ3v) is 3.75. The maximum absolute atomic E-state index is 11.2. The van der Waals surface area contributed by atoms with Crippen molar-refractivity contribution in [2.24, 2.45) is 5.92 Å². The molecule has 22 heavy (non-hydrogen) atoms. The first kappa shape index (κ1) is 20.4. The standard InChI is InChI=1S/C17H28O5/c1-12(7-6-10-17(3,4)22-5)8-9-14(16(20)21)13(2)11-15(18)19/h9,11-12H,6-8,10H2,1-5H3,(H,18,19)(H,20,21)/b13-11-,14-9+. The summed E-state index contributed by atoms with van der Waals surface area (Å²) in [6.45, 7) is 7.65. The minimum atomic E-state index is -1.14. The predicted octanol–water partition coefficient (Wildman–Crippen LogP) is 3.65. The van der Waals surface area contributed by atoms with Gasteiger partial charge in [-0.15, -0.1) is 0 Å². The molecule has 5 heteroatoms. The average Bonchev–Trinajstić information content (AvgIpc) is 2.37. The van der Waals surface area contributed by atoms with E-state index >= 15 is 0 Å². The van der Waals surface area contributed by atoms with E-state index in [0.717, 1.165) is 25.3 Å². The number of allylic oxidation sites excluding steroid dienone is 1. The third kappa shape index (κ3) is 8.62. The molecule has 0 spiro atoms. The van der Waals surface area contributed by atoms with E-state index in [1.807, 2.05) is 13.8 Å². The van der Waals surface area contributed by atoms with Gasteiger partial charge in [0.25, 0.3) is 0 Å². The van der Waals surface area contributed by atoms with Gasteiger partial charge in [-0.25, -0.2) is 9.59 Å². The SMILES string of the molecule is COC(C)(C)CCCC(C)C/C=C(C(=O)O)\C(C)=C/C(=O)O. The highest BCUT2D eigenvalue weighted by Gasteiger charge is 2.16. The Morgan fingerprint density at radius 3 is 2.32 bits per heavy atom. The van der Waals surface area contributed by atoms with E-state index in [-0.39, 0.29) is 16.7 Å². The molecule has 2 N–H and O–H groups in total. The fourth-order valence-corrected chi connectivity index (χ4v) is 2.10. The molecular formula is C17H28O5. The van der Waals surface area contributed by atoms with E-state index in [2.05, 4.69) is 6.92 Å². The zero-order valence-electron chi connectivity index (χ0n) is 14.2. The molecule has 0 aliphatic rings. The van der Waals surface area contributed by atoms with Gasteiger partial charge in [-0.05, 0) is 45.1 Å². The summed E-state index contributed by atoms with van der Waals surface area (Å²) in [6.07, 6.45) is 6.07. The Bertz CT molecular complexity index is 446. The molecule has 0 rings (SSSR count). The molecule has 0 aliphatic heterocycles. The van der Waals surface area contributed by atoms with Crippen molar-refractivity contribution in [3.63, 3.8) is 0 Å². The Balaban J connectivity index is 4.57. The van der Waals surface area contributed by atoms with Crippen molar-refractivity contribution in [2.45, 2.75) is 59.0 Å². The summed E-state index contributed by atoms with van der Waals surface area (Å²) in [7, 11) is 1.70. The minimum absolute atomic E-state index is 0.0615. The molecule has 0 aromatic rings. The van der Waals surface area contributed by atoms with E-state index < -0.39 is 11.9 Å². The topological polar surface area (TPSA) is 83.8 Å². The van der Waals surface area contributed by atoms with Crippen LogP contribution in [-0.4, -0.2) is 34.9 Å². The molecule has 1 atom stereocenters. The number of methoxy groups -OCH3 is 1. The smallest absolute Gasteiger partial charge is 0.335 e. The van der Waals surface area contributed by atoms with Gasteiger partial charge in [0, 0.05) is 13.2 Å². The predicted molar refractivity (Wildman–Crippen MR) is 85.8 cm³/mol. The first-order chi connectivity index (χ1) is 10.1. The van der Waals surface area contributed by atoms with Crippen LogP contribution < -0.4 is 0 Å². The number of aliphatic carboxylic acids is 2. The van der Waals surface area contributed by atoms with Crippen LogP contribution in [0.25, 0.3) is 0 Å². The summed E-state index contributed by atoms with van der Waals surface area (Å²) in [4.78, 5) is 21.8. The number of carboxylic acids is 2. The molecule has 0 heterocycles. The van der Waals surface area contributed by atoms with Crippen LogP contribution in [0.3, 0.4) is 0 Å². The zero-order valence-corrected chi connectivity index (χ0v) is 14.2. The van der Waals surface area contributed by atoms with Gasteiger partial charge >= 0.3 is 11.9 Å². The van der Waals surface area contributed by atoms with Crippen LogP contribution in [0.1, 0.15) is 53.4 Å². The number of hydrogen-bond acceptors (Lipinski definition) is 3. The Hall–Kier alpha value is -1.62. The maximum Gasteiger partial charge on any atom is 0.335 e. The molecule has 0 radical (unpaired) electrons. The van der Waals surface area contributed by atoms with Gasteiger partial charge in [-0.3, -0.25) is 0 Å². The van der Waals surface area contributed by atoms with Crippen LogP contribution >= 0.6 is 0 Å². The van der Waals surface area contributed by atoms with Gasteiger partial charge in [0.15, 0.2) is 0 Å². The summed E-state index contributed by atoms with van der Waals surface area (Å²) in [5.74, 6) is -1.90. The van der Waals surface area contributed by atoms with Gasteiger partial charge < -0.3 is 14.9 Å². The third-order valence-electron chi connectivity index (χ3n) is 3.75. The highest BCUT2D eigenvalue weighted by atomic mass is 16.5. The molecule has 0 aromatic carbocycles. The van der Waals surface area contributed by atoms with Gasteiger partial charge in [0.05, 0.1) is 11.2 Å². The van der Waals surface area contributed by atoms with E-state index in [9.17, 15) is 9.59 Å². The lowest BCUT2D eigenvalue weighted by atomic mass is 9.93. The fourth-order valence-electron chi connectivity index (χ4n) is 2.10. The summed E-state index contributed by atoms with van der Waals surface area (Å²) in [6, 6.07) is 0. The van der Waals surface area contributed by atoms with Crippen LogP contribution in [0.5, 0.6) is 0 Å². The first-order valence-electron chi connectivity index (χ1n) is 7.49. The lowest BCUT2D eigenvalue weighted by Crippen LogP contribution is -2.22. The van der Waals surface area contributed by atoms with Gasteiger partial charge in [0.1, 0.15) is 0 Å². The number of rotatable bonds is 10. The Kier molecular flexibility index (Phi) is 8.72. The molecule has 1 unspecified atom stereocenters. The lowest BCUT2D eigenvalue weighted by Gasteiger charge is -2.23. The lowest BCUT2D eigenvalue weighted by molar-refractivity contribution is -0.132. The first-order valence-corrected chi connectivity index (χ1v) is 7.49. The number of carboxylic acid groups (broad SMARTS) is 2. The molecule has 0 saturated heterocycles. The van der Waals surface area contributed by atoms with E-state index in [1.165, 1.54) is 6.92 Å². The van der Waals surface area contributed by atoms with Crippen molar-refractivity contribution in [2.75, 3.05) is 7.11 Å². The van der Waals surface area contributed by atoms with Crippen LogP contribution in [0.2, 0.25) is 0 Å². The summed E-state index contributed by atoms with van der Waals surface area (Å²) in [5.41, 5.74) is 0.182. The Morgan fingerprint density at radius 2 is 1.86 bits per heavy atom. The molecule has 0 amide bonds. The zero-order chi connectivity index (χ0) is 17.3. The number of hydrogen-bond donors (Lipinski definition) is 2. The summed E-state index contributed by atoms with van der Waals surface area (Å²) in [5, 5.41) is 17.9. The fraction of sp³-hybridized carbons (Fsp3) is 0.647. The van der Waals surface area contributed by atoms with E-state index in [1.54, 1.807) is 13.2 Å². The van der Waals surface area contributed by atoms with E-state index in [0.29, 0.717) is 12.3 Å². The largest absolute Gasteiger partial charge is 0.478 e. The van der Waals surface area contributed by atoms with Crippen LogP contribution in [-0.2, 0) is 14.3 Å². The number of ether oxygens (including phenoxy) is 1. The molecule has 0 saturated carbocycles. The van der Waals surface area contributed by atoms with Crippen molar-refractivity contribution >= 4 is 11.9 Å². The van der Waals surface area contributed by atoms with Gasteiger partial charge in [0.2, 0.25) is 0 Å². The summed E-state index contributed by atoms with van der Waals surface area (Å²) < 4.78 is 5.36. The molecule has 0 bridgehead atoms. The maximum atomic E-state index is 11.2. The van der Waals surface area contributed by atoms with Crippen molar-refractivity contribution in [3.05, 3.63) is 23.3 Å². The van der Waals surface area contributed by atoms with Gasteiger partial charge in [-0.2, -0.15) is 0 Å². The summed E-state index contributed by atoms with van der Waals surface area (Å²) >= 11 is 0. The molecular weight excluding hydrogens is 284 g/mol. The second kappa shape index (κ2) is 9.41. The molecule has 126 valence electrons. The number of carbonyl (C=O) groups is 2. The van der Waals surface area contributed by atoms with Crippen LogP contribution in [0.4, 0.5) is 0 Å². The molecule has 0 aliphatic carbocycles. The van der Waals surface area contributed by atoms with Crippen molar-refractivity contribution in [3.8, 4) is 0 Å².